The largest absolute Gasteiger partial charge is 0.497 e. The summed E-state index contributed by atoms with van der Waals surface area (Å²) in [5.74, 6) is 0.381. The van der Waals surface area contributed by atoms with Crippen molar-refractivity contribution < 1.29 is 14.3 Å². The molecule has 6 nitrogen and oxygen atoms in total. The van der Waals surface area contributed by atoms with E-state index >= 15 is 0 Å². The maximum atomic E-state index is 12.1. The number of carbonyl (C=O) groups is 1. The molecule has 0 saturated heterocycles. The second-order valence-corrected chi connectivity index (χ2v) is 5.22. The predicted octanol–water partition coefficient (Wildman–Crippen LogP) is 2.69. The van der Waals surface area contributed by atoms with E-state index in [1.807, 2.05) is 36.4 Å². The number of ether oxygens (including phenoxy) is 2. The number of esters is 1. The van der Waals surface area contributed by atoms with Gasteiger partial charge in [-0.25, -0.2) is 14.5 Å². The number of carbonyl (C=O) groups excluding carboxylic acids is 1. The molecule has 0 bridgehead atoms. The van der Waals surface area contributed by atoms with Gasteiger partial charge in [0.2, 0.25) is 0 Å². The fraction of sp³-hybridized carbons (Fsp3) is 0.167. The van der Waals surface area contributed by atoms with Gasteiger partial charge in [0, 0.05) is 0 Å². The third-order valence-electron chi connectivity index (χ3n) is 3.50. The summed E-state index contributed by atoms with van der Waals surface area (Å²) in [7, 11) is 1.60. The molecule has 0 atom stereocenters. The van der Waals surface area contributed by atoms with Gasteiger partial charge in [-0.05, 0) is 35.4 Å². The zero-order valence-electron chi connectivity index (χ0n) is 13.3. The maximum absolute atomic E-state index is 12.1. The summed E-state index contributed by atoms with van der Waals surface area (Å²) in [5, 5.41) is 4.05. The van der Waals surface area contributed by atoms with E-state index in [0.717, 1.165) is 16.9 Å². The third-order valence-corrected chi connectivity index (χ3v) is 3.50. The van der Waals surface area contributed by atoms with Gasteiger partial charge in [0.25, 0.3) is 0 Å². The van der Waals surface area contributed by atoms with Crippen LogP contribution in [0.2, 0.25) is 0 Å². The molecule has 24 heavy (non-hydrogen) atoms. The lowest BCUT2D eigenvalue weighted by molar-refractivity contribution is 0.0472. The van der Waals surface area contributed by atoms with Crippen molar-refractivity contribution >= 4 is 5.97 Å². The highest BCUT2D eigenvalue weighted by atomic mass is 16.5. The van der Waals surface area contributed by atoms with Crippen LogP contribution in [0.4, 0.5) is 0 Å². The van der Waals surface area contributed by atoms with E-state index in [2.05, 4.69) is 10.1 Å². The van der Waals surface area contributed by atoms with Crippen molar-refractivity contribution in [2.45, 2.75) is 13.2 Å². The normalized spacial score (nSPS) is 10.4. The highest BCUT2D eigenvalue weighted by Crippen LogP contribution is 2.14. The van der Waals surface area contributed by atoms with Crippen LogP contribution in [-0.2, 0) is 17.9 Å². The summed E-state index contributed by atoms with van der Waals surface area (Å²) in [6.07, 6.45) is 3.14. The first-order valence-electron chi connectivity index (χ1n) is 7.46. The molecule has 1 aromatic heterocycles. The minimum absolute atomic E-state index is 0.205. The van der Waals surface area contributed by atoms with E-state index in [-0.39, 0.29) is 12.6 Å². The molecule has 122 valence electrons. The predicted molar refractivity (Wildman–Crippen MR) is 87.7 cm³/mol. The van der Waals surface area contributed by atoms with Crippen LogP contribution < -0.4 is 4.74 Å². The Morgan fingerprint density at radius 1 is 1.12 bits per heavy atom. The molecule has 6 heteroatoms. The molecular weight excluding hydrogens is 306 g/mol. The lowest BCUT2D eigenvalue weighted by atomic mass is 10.1. The lowest BCUT2D eigenvalue weighted by Crippen LogP contribution is -2.06. The quantitative estimate of drug-likeness (QED) is 0.653. The maximum Gasteiger partial charge on any atom is 0.338 e. The highest BCUT2D eigenvalue weighted by Gasteiger charge is 2.08. The van der Waals surface area contributed by atoms with Crippen molar-refractivity contribution in [3.8, 4) is 5.75 Å². The second-order valence-electron chi connectivity index (χ2n) is 5.22. The Balaban J connectivity index is 1.58. The number of benzene rings is 2. The highest BCUT2D eigenvalue weighted by molar-refractivity contribution is 5.89. The Bertz CT molecular complexity index is 799. The van der Waals surface area contributed by atoms with Crippen LogP contribution in [0.25, 0.3) is 0 Å². The van der Waals surface area contributed by atoms with Gasteiger partial charge >= 0.3 is 5.97 Å². The molecule has 0 radical (unpaired) electrons. The zero-order chi connectivity index (χ0) is 16.8. The van der Waals surface area contributed by atoms with Gasteiger partial charge in [0.1, 0.15) is 25.0 Å². The van der Waals surface area contributed by atoms with E-state index in [9.17, 15) is 4.79 Å². The molecule has 0 aliphatic rings. The molecule has 3 aromatic rings. The molecule has 1 heterocycles. The number of nitrogens with zero attached hydrogens (tertiary/aromatic N) is 3. The molecule has 3 rings (SSSR count). The average Bonchev–Trinajstić information content (AvgIpc) is 3.13. The summed E-state index contributed by atoms with van der Waals surface area (Å²) in [6.45, 7) is 0.815. The fourth-order valence-corrected chi connectivity index (χ4v) is 2.24. The minimum Gasteiger partial charge on any atom is -0.497 e. The van der Waals surface area contributed by atoms with E-state index in [1.54, 1.807) is 30.3 Å². The van der Waals surface area contributed by atoms with Crippen molar-refractivity contribution in [1.82, 2.24) is 14.8 Å². The Morgan fingerprint density at radius 3 is 2.67 bits per heavy atom. The van der Waals surface area contributed by atoms with Crippen molar-refractivity contribution in [1.29, 1.82) is 0 Å². The Kier molecular flexibility index (Phi) is 4.86. The van der Waals surface area contributed by atoms with E-state index in [1.165, 1.54) is 6.33 Å². The first kappa shape index (κ1) is 15.7. The molecule has 0 aliphatic carbocycles. The lowest BCUT2D eigenvalue weighted by Gasteiger charge is -2.07. The van der Waals surface area contributed by atoms with Crippen molar-refractivity contribution in [3.63, 3.8) is 0 Å². The molecule has 0 unspecified atom stereocenters. The molecule has 0 aliphatic heterocycles. The van der Waals surface area contributed by atoms with Gasteiger partial charge in [-0.3, -0.25) is 0 Å². The molecular formula is C18H17N3O3. The summed E-state index contributed by atoms with van der Waals surface area (Å²) in [5.41, 5.74) is 2.43. The number of hydrogen-bond donors (Lipinski definition) is 0. The molecule has 0 amide bonds. The number of hydrogen-bond acceptors (Lipinski definition) is 5. The first-order chi connectivity index (χ1) is 11.7. The molecule has 0 fully saturated rings. The van der Waals surface area contributed by atoms with Crippen LogP contribution in [0, 0.1) is 0 Å². The molecule has 0 saturated carbocycles. The van der Waals surface area contributed by atoms with Gasteiger partial charge in [0.15, 0.2) is 0 Å². The second kappa shape index (κ2) is 7.41. The van der Waals surface area contributed by atoms with Crippen LogP contribution in [0.5, 0.6) is 5.75 Å². The third kappa shape index (κ3) is 3.98. The molecule has 2 aromatic carbocycles. The van der Waals surface area contributed by atoms with E-state index in [0.29, 0.717) is 12.1 Å². The summed E-state index contributed by atoms with van der Waals surface area (Å²) in [6, 6.07) is 14.7. The zero-order valence-corrected chi connectivity index (χ0v) is 13.3. The summed E-state index contributed by atoms with van der Waals surface area (Å²) in [4.78, 5) is 16.0. The fourth-order valence-electron chi connectivity index (χ4n) is 2.24. The van der Waals surface area contributed by atoms with Crippen molar-refractivity contribution in [3.05, 3.63) is 77.9 Å². The number of methoxy groups -OCH3 is 1. The van der Waals surface area contributed by atoms with Crippen molar-refractivity contribution in [2.75, 3.05) is 7.11 Å². The van der Waals surface area contributed by atoms with Crippen LogP contribution in [-0.4, -0.2) is 27.8 Å². The monoisotopic (exact) mass is 323 g/mol. The van der Waals surface area contributed by atoms with Crippen molar-refractivity contribution in [2.24, 2.45) is 0 Å². The van der Waals surface area contributed by atoms with Gasteiger partial charge in [0.05, 0.1) is 19.2 Å². The van der Waals surface area contributed by atoms with Crippen LogP contribution in [0.15, 0.2) is 61.2 Å². The smallest absolute Gasteiger partial charge is 0.338 e. The number of rotatable bonds is 6. The number of aromatic nitrogens is 3. The van der Waals surface area contributed by atoms with Gasteiger partial charge in [-0.15, -0.1) is 0 Å². The average molecular weight is 323 g/mol. The topological polar surface area (TPSA) is 66.2 Å². The molecule has 0 spiro atoms. The van der Waals surface area contributed by atoms with Crippen LogP contribution >= 0.6 is 0 Å². The van der Waals surface area contributed by atoms with Crippen LogP contribution in [0.1, 0.15) is 21.5 Å². The Hall–Kier alpha value is -3.15. The van der Waals surface area contributed by atoms with E-state index < -0.39 is 0 Å². The van der Waals surface area contributed by atoms with Crippen LogP contribution in [0.3, 0.4) is 0 Å². The summed E-state index contributed by atoms with van der Waals surface area (Å²) < 4.78 is 12.2. The molecule has 0 N–H and O–H groups in total. The Labute approximate surface area is 139 Å². The SMILES string of the molecule is COc1cccc(COC(=O)c2ccc(Cn3cncn3)cc2)c1. The van der Waals surface area contributed by atoms with Gasteiger partial charge in [-0.2, -0.15) is 5.10 Å². The van der Waals surface area contributed by atoms with Gasteiger partial charge < -0.3 is 9.47 Å². The standard InChI is InChI=1S/C18H17N3O3/c1-23-17-4-2-3-15(9-17)11-24-18(22)16-7-5-14(6-8-16)10-21-13-19-12-20-21/h2-9,12-13H,10-11H2,1H3. The Morgan fingerprint density at radius 2 is 1.96 bits per heavy atom. The first-order valence-corrected chi connectivity index (χ1v) is 7.46. The van der Waals surface area contributed by atoms with E-state index in [4.69, 9.17) is 9.47 Å². The van der Waals surface area contributed by atoms with Gasteiger partial charge in [-0.1, -0.05) is 24.3 Å². The minimum atomic E-state index is -0.356. The summed E-state index contributed by atoms with van der Waals surface area (Å²) >= 11 is 0.